The number of nitriles is 1. The predicted octanol–water partition coefficient (Wildman–Crippen LogP) is 3.27. The summed E-state index contributed by atoms with van der Waals surface area (Å²) in [6.45, 7) is 5.12. The van der Waals surface area contributed by atoms with Crippen LogP contribution in [0.25, 0.3) is 0 Å². The van der Waals surface area contributed by atoms with Crippen molar-refractivity contribution in [2.75, 3.05) is 18.5 Å². The van der Waals surface area contributed by atoms with Crippen molar-refractivity contribution in [1.29, 1.82) is 5.26 Å². The first kappa shape index (κ1) is 22.5. The van der Waals surface area contributed by atoms with Crippen LogP contribution >= 0.6 is 11.3 Å². The first-order chi connectivity index (χ1) is 14.8. The Morgan fingerprint density at radius 3 is 2.61 bits per heavy atom. The summed E-state index contributed by atoms with van der Waals surface area (Å²) in [6.07, 6.45) is 2.76. The summed E-state index contributed by atoms with van der Waals surface area (Å²) in [6, 6.07) is 7.60. The van der Waals surface area contributed by atoms with E-state index in [2.05, 4.69) is 23.6 Å². The maximum atomic E-state index is 12.2. The number of rotatable bonds is 6. The van der Waals surface area contributed by atoms with Gasteiger partial charge in [-0.15, -0.1) is 11.3 Å². The number of benzene rings is 1. The molecule has 1 aromatic carbocycles. The first-order valence-corrected chi connectivity index (χ1v) is 10.9. The van der Waals surface area contributed by atoms with Gasteiger partial charge in [0.25, 0.3) is 11.8 Å². The van der Waals surface area contributed by atoms with E-state index in [0.29, 0.717) is 22.0 Å². The summed E-state index contributed by atoms with van der Waals surface area (Å²) in [7, 11) is 0. The van der Waals surface area contributed by atoms with Crippen LogP contribution < -0.4 is 10.6 Å². The average molecular weight is 440 g/mol. The van der Waals surface area contributed by atoms with Gasteiger partial charge in [-0.2, -0.15) is 5.26 Å². The van der Waals surface area contributed by atoms with E-state index in [1.165, 1.54) is 11.3 Å². The summed E-state index contributed by atoms with van der Waals surface area (Å²) in [5, 5.41) is 15.2. The largest absolute Gasteiger partial charge is 0.454 e. The topological polar surface area (TPSA) is 108 Å². The van der Waals surface area contributed by atoms with Gasteiger partial charge in [0.15, 0.2) is 6.61 Å². The molecule has 2 amide bonds. The Balaban J connectivity index is 1.49. The molecule has 162 valence electrons. The zero-order valence-electron chi connectivity index (χ0n) is 17.8. The van der Waals surface area contributed by atoms with Crippen molar-refractivity contribution in [2.45, 2.75) is 40.0 Å². The number of nitrogens with one attached hydrogen (secondary N) is 2. The van der Waals surface area contributed by atoms with Gasteiger partial charge in [0.2, 0.25) is 0 Å². The third kappa shape index (κ3) is 5.70. The molecule has 31 heavy (non-hydrogen) atoms. The maximum Gasteiger partial charge on any atom is 0.325 e. The molecule has 8 heteroatoms. The number of ether oxygens (including phenoxy) is 1. The van der Waals surface area contributed by atoms with Crippen LogP contribution in [0, 0.1) is 31.1 Å². The third-order valence-electron chi connectivity index (χ3n) is 5.12. The van der Waals surface area contributed by atoms with Crippen molar-refractivity contribution < 1.29 is 19.1 Å². The number of anilines is 1. The fourth-order valence-electron chi connectivity index (χ4n) is 3.68. The molecule has 7 nitrogen and oxygen atoms in total. The molecule has 0 radical (unpaired) electrons. The van der Waals surface area contributed by atoms with E-state index in [-0.39, 0.29) is 12.5 Å². The lowest BCUT2D eigenvalue weighted by Crippen LogP contribution is -2.32. The van der Waals surface area contributed by atoms with Crippen molar-refractivity contribution in [2.24, 2.45) is 5.92 Å². The van der Waals surface area contributed by atoms with Crippen LogP contribution in [0.3, 0.4) is 0 Å². The number of aryl methyl sites for hydroxylation is 2. The summed E-state index contributed by atoms with van der Waals surface area (Å²) in [5.74, 6) is -1.06. The monoisotopic (exact) mass is 439 g/mol. The molecule has 0 spiro atoms. The quantitative estimate of drug-likeness (QED) is 0.672. The Morgan fingerprint density at radius 1 is 1.23 bits per heavy atom. The van der Waals surface area contributed by atoms with Gasteiger partial charge in [0, 0.05) is 10.4 Å². The molecule has 1 atom stereocenters. The molecule has 1 unspecified atom stereocenters. The van der Waals surface area contributed by atoms with Crippen molar-refractivity contribution in [3.8, 4) is 6.07 Å². The standard InChI is InChI=1S/C23H25N3O4S/c1-13-4-5-17-18(10-24)23(31-19(17)9-13)26-20(27)12-30-21(28)11-25-22(29)16-7-14(2)6-15(3)8-16/h6-8,13H,4-5,9,11-12H2,1-3H3,(H,25,29)(H,26,27). The third-order valence-corrected chi connectivity index (χ3v) is 6.29. The Morgan fingerprint density at radius 2 is 1.94 bits per heavy atom. The van der Waals surface area contributed by atoms with Crippen LogP contribution in [-0.4, -0.2) is 30.9 Å². The van der Waals surface area contributed by atoms with E-state index in [0.717, 1.165) is 40.8 Å². The molecule has 1 aromatic heterocycles. The first-order valence-electron chi connectivity index (χ1n) is 10.1. The van der Waals surface area contributed by atoms with Crippen LogP contribution in [0.5, 0.6) is 0 Å². The van der Waals surface area contributed by atoms with Crippen LogP contribution in [0.4, 0.5) is 5.00 Å². The number of fused-ring (bicyclic) bond motifs is 1. The second-order valence-electron chi connectivity index (χ2n) is 7.94. The number of nitrogens with zero attached hydrogens (tertiary/aromatic N) is 1. The van der Waals surface area contributed by atoms with Gasteiger partial charge in [-0.1, -0.05) is 24.1 Å². The fraction of sp³-hybridized carbons (Fsp3) is 0.391. The minimum Gasteiger partial charge on any atom is -0.454 e. The highest BCUT2D eigenvalue weighted by Gasteiger charge is 2.24. The zero-order valence-corrected chi connectivity index (χ0v) is 18.6. The molecule has 0 aliphatic heterocycles. The molecule has 0 fully saturated rings. The second-order valence-corrected chi connectivity index (χ2v) is 9.04. The Hall–Kier alpha value is -3.18. The van der Waals surface area contributed by atoms with Crippen molar-refractivity contribution in [3.63, 3.8) is 0 Å². The van der Waals surface area contributed by atoms with Gasteiger partial charge in [-0.05, 0) is 56.7 Å². The van der Waals surface area contributed by atoms with Crippen LogP contribution in [-0.2, 0) is 27.2 Å². The average Bonchev–Trinajstić information content (AvgIpc) is 3.05. The normalized spacial score (nSPS) is 14.8. The maximum absolute atomic E-state index is 12.2. The molecular formula is C23H25N3O4S. The van der Waals surface area contributed by atoms with Crippen LogP contribution in [0.1, 0.15) is 50.8 Å². The summed E-state index contributed by atoms with van der Waals surface area (Å²) in [5.41, 5.74) is 3.89. The molecule has 0 bridgehead atoms. The van der Waals surface area contributed by atoms with Gasteiger partial charge in [-0.3, -0.25) is 14.4 Å². The molecule has 1 heterocycles. The molecule has 1 aliphatic rings. The number of hydrogen-bond acceptors (Lipinski definition) is 6. The van der Waals surface area contributed by atoms with E-state index in [1.54, 1.807) is 12.1 Å². The van der Waals surface area contributed by atoms with Crippen LogP contribution in [0.2, 0.25) is 0 Å². The second kappa shape index (κ2) is 9.75. The lowest BCUT2D eigenvalue weighted by Gasteiger charge is -2.17. The van der Waals surface area contributed by atoms with Crippen molar-refractivity contribution >= 4 is 34.1 Å². The molecule has 1 aliphatic carbocycles. The fourth-order valence-corrected chi connectivity index (χ4v) is 5.05. The Labute approximate surface area is 185 Å². The smallest absolute Gasteiger partial charge is 0.325 e. The van der Waals surface area contributed by atoms with E-state index < -0.39 is 18.5 Å². The minimum atomic E-state index is -0.715. The number of amides is 2. The Bertz CT molecular complexity index is 1050. The zero-order chi connectivity index (χ0) is 22.5. The van der Waals surface area contributed by atoms with Crippen molar-refractivity contribution in [1.82, 2.24) is 5.32 Å². The molecular weight excluding hydrogens is 414 g/mol. The number of carbonyl (C=O) groups is 3. The SMILES string of the molecule is Cc1cc(C)cc(C(=O)NCC(=O)OCC(=O)Nc2sc3c(c2C#N)CCC(C)C3)c1. The summed E-state index contributed by atoms with van der Waals surface area (Å²) in [4.78, 5) is 37.5. The number of carbonyl (C=O) groups excluding carboxylic acids is 3. The Kier molecular flexibility index (Phi) is 7.08. The molecule has 0 saturated carbocycles. The van der Waals surface area contributed by atoms with Crippen LogP contribution in [0.15, 0.2) is 18.2 Å². The molecule has 3 rings (SSSR count). The van der Waals surface area contributed by atoms with Gasteiger partial charge in [-0.25, -0.2) is 0 Å². The highest BCUT2D eigenvalue weighted by Crippen LogP contribution is 2.39. The van der Waals surface area contributed by atoms with E-state index in [9.17, 15) is 19.6 Å². The van der Waals surface area contributed by atoms with Gasteiger partial charge < -0.3 is 15.4 Å². The molecule has 2 N–H and O–H groups in total. The predicted molar refractivity (Wildman–Crippen MR) is 118 cm³/mol. The lowest BCUT2D eigenvalue weighted by molar-refractivity contribution is -0.146. The minimum absolute atomic E-state index is 0.340. The number of esters is 1. The van der Waals surface area contributed by atoms with Gasteiger partial charge in [0.1, 0.15) is 17.6 Å². The molecule has 2 aromatic rings. The van der Waals surface area contributed by atoms with E-state index in [1.807, 2.05) is 19.9 Å². The highest BCUT2D eigenvalue weighted by molar-refractivity contribution is 7.16. The molecule has 0 saturated heterocycles. The number of hydrogen-bond donors (Lipinski definition) is 2. The lowest BCUT2D eigenvalue weighted by atomic mass is 9.89. The van der Waals surface area contributed by atoms with E-state index in [4.69, 9.17) is 4.74 Å². The van der Waals surface area contributed by atoms with Gasteiger partial charge in [0.05, 0.1) is 5.56 Å². The summed E-state index contributed by atoms with van der Waals surface area (Å²) < 4.78 is 4.96. The van der Waals surface area contributed by atoms with Crippen molar-refractivity contribution in [3.05, 3.63) is 50.9 Å². The highest BCUT2D eigenvalue weighted by atomic mass is 32.1. The van der Waals surface area contributed by atoms with E-state index >= 15 is 0 Å². The number of thiophene rings is 1. The van der Waals surface area contributed by atoms with Gasteiger partial charge >= 0.3 is 5.97 Å². The summed E-state index contributed by atoms with van der Waals surface area (Å²) >= 11 is 1.41.